The SMILES string of the molecule is CCC1CCC(C)N1CCCCC(C)(CO)NC(C)C. The van der Waals surface area contributed by atoms with Crippen molar-refractivity contribution in [1.29, 1.82) is 0 Å². The summed E-state index contributed by atoms with van der Waals surface area (Å²) in [4.78, 5) is 2.70. The molecular weight excluding hydrogens is 248 g/mol. The van der Waals surface area contributed by atoms with E-state index in [-0.39, 0.29) is 12.1 Å². The van der Waals surface area contributed by atoms with E-state index in [1.165, 1.54) is 38.6 Å². The van der Waals surface area contributed by atoms with Gasteiger partial charge in [0.05, 0.1) is 6.61 Å². The molecule has 0 radical (unpaired) electrons. The van der Waals surface area contributed by atoms with Gasteiger partial charge < -0.3 is 10.4 Å². The van der Waals surface area contributed by atoms with Crippen LogP contribution in [0.2, 0.25) is 0 Å². The Bertz CT molecular complexity index is 270. The molecule has 0 bridgehead atoms. The summed E-state index contributed by atoms with van der Waals surface area (Å²) in [5.74, 6) is 0. The van der Waals surface area contributed by atoms with Crippen molar-refractivity contribution in [2.45, 2.75) is 96.8 Å². The van der Waals surface area contributed by atoms with Crippen molar-refractivity contribution in [2.24, 2.45) is 0 Å². The molecule has 3 atom stereocenters. The molecule has 1 fully saturated rings. The fourth-order valence-electron chi connectivity index (χ4n) is 3.67. The predicted octanol–water partition coefficient (Wildman–Crippen LogP) is 3.17. The number of likely N-dealkylation sites (tertiary alicyclic amines) is 1. The highest BCUT2D eigenvalue weighted by atomic mass is 16.3. The minimum Gasteiger partial charge on any atom is -0.394 e. The Kier molecular flexibility index (Phi) is 7.49. The van der Waals surface area contributed by atoms with Crippen molar-refractivity contribution in [3.8, 4) is 0 Å². The Morgan fingerprint density at radius 2 is 2.00 bits per heavy atom. The molecule has 1 rings (SSSR count). The minimum atomic E-state index is -0.116. The Balaban J connectivity index is 2.29. The van der Waals surface area contributed by atoms with Gasteiger partial charge >= 0.3 is 0 Å². The first-order valence-electron chi connectivity index (χ1n) is 8.56. The Labute approximate surface area is 126 Å². The predicted molar refractivity (Wildman–Crippen MR) is 87.1 cm³/mol. The van der Waals surface area contributed by atoms with Gasteiger partial charge in [0, 0.05) is 23.7 Å². The molecule has 0 saturated carbocycles. The quantitative estimate of drug-likeness (QED) is 0.638. The number of rotatable bonds is 9. The highest BCUT2D eigenvalue weighted by molar-refractivity contribution is 4.86. The van der Waals surface area contributed by atoms with E-state index < -0.39 is 0 Å². The maximum Gasteiger partial charge on any atom is 0.0610 e. The van der Waals surface area contributed by atoms with E-state index in [4.69, 9.17) is 0 Å². The van der Waals surface area contributed by atoms with E-state index in [9.17, 15) is 5.11 Å². The number of unbranched alkanes of at least 4 members (excludes halogenated alkanes) is 1. The maximum absolute atomic E-state index is 9.59. The lowest BCUT2D eigenvalue weighted by Gasteiger charge is -2.32. The molecule has 1 aliphatic heterocycles. The molecule has 120 valence electrons. The van der Waals surface area contributed by atoms with Gasteiger partial charge in [-0.1, -0.05) is 27.2 Å². The molecule has 3 unspecified atom stereocenters. The van der Waals surface area contributed by atoms with Crippen LogP contribution >= 0.6 is 0 Å². The lowest BCUT2D eigenvalue weighted by molar-refractivity contribution is 0.148. The molecule has 1 aliphatic rings. The smallest absolute Gasteiger partial charge is 0.0610 e. The number of aliphatic hydroxyl groups is 1. The van der Waals surface area contributed by atoms with Crippen molar-refractivity contribution < 1.29 is 5.11 Å². The van der Waals surface area contributed by atoms with Crippen LogP contribution in [0.25, 0.3) is 0 Å². The summed E-state index contributed by atoms with van der Waals surface area (Å²) in [5, 5.41) is 13.1. The third kappa shape index (κ3) is 5.34. The van der Waals surface area contributed by atoms with E-state index in [0.29, 0.717) is 6.04 Å². The Morgan fingerprint density at radius 1 is 1.30 bits per heavy atom. The van der Waals surface area contributed by atoms with Gasteiger partial charge in [-0.2, -0.15) is 0 Å². The van der Waals surface area contributed by atoms with E-state index in [2.05, 4.69) is 44.8 Å². The second kappa shape index (κ2) is 8.35. The van der Waals surface area contributed by atoms with Crippen molar-refractivity contribution in [2.75, 3.05) is 13.2 Å². The van der Waals surface area contributed by atoms with Crippen molar-refractivity contribution in [3.05, 3.63) is 0 Å². The van der Waals surface area contributed by atoms with Gasteiger partial charge in [0.1, 0.15) is 0 Å². The molecule has 2 N–H and O–H groups in total. The van der Waals surface area contributed by atoms with E-state index in [1.807, 2.05) is 0 Å². The number of nitrogens with one attached hydrogen (secondary N) is 1. The number of nitrogens with zero attached hydrogens (tertiary/aromatic N) is 1. The molecule has 0 aliphatic carbocycles. The molecule has 0 aromatic rings. The molecule has 3 heteroatoms. The molecule has 0 aromatic heterocycles. The number of hydrogen-bond donors (Lipinski definition) is 2. The van der Waals surface area contributed by atoms with Gasteiger partial charge in [-0.15, -0.1) is 0 Å². The largest absolute Gasteiger partial charge is 0.394 e. The van der Waals surface area contributed by atoms with E-state index in [1.54, 1.807) is 0 Å². The van der Waals surface area contributed by atoms with Crippen LogP contribution in [-0.4, -0.2) is 46.8 Å². The first kappa shape index (κ1) is 17.9. The van der Waals surface area contributed by atoms with Gasteiger partial charge in [0.15, 0.2) is 0 Å². The zero-order valence-corrected chi connectivity index (χ0v) is 14.3. The highest BCUT2D eigenvalue weighted by Gasteiger charge is 2.29. The molecule has 0 amide bonds. The first-order chi connectivity index (χ1) is 9.41. The Hall–Kier alpha value is -0.120. The van der Waals surface area contributed by atoms with Crippen LogP contribution in [0.1, 0.15) is 73.1 Å². The van der Waals surface area contributed by atoms with Crippen LogP contribution in [-0.2, 0) is 0 Å². The lowest BCUT2D eigenvalue weighted by atomic mass is 9.94. The number of aliphatic hydroxyl groups excluding tert-OH is 1. The third-order valence-corrected chi connectivity index (χ3v) is 4.81. The normalized spacial score (nSPS) is 27.1. The molecule has 0 aromatic carbocycles. The Morgan fingerprint density at radius 3 is 2.55 bits per heavy atom. The van der Waals surface area contributed by atoms with Crippen LogP contribution in [0.3, 0.4) is 0 Å². The van der Waals surface area contributed by atoms with Gasteiger partial charge in [-0.3, -0.25) is 4.90 Å². The van der Waals surface area contributed by atoms with Gasteiger partial charge in [0.2, 0.25) is 0 Å². The molecule has 1 saturated heterocycles. The van der Waals surface area contributed by atoms with E-state index in [0.717, 1.165) is 18.5 Å². The maximum atomic E-state index is 9.59. The van der Waals surface area contributed by atoms with Gasteiger partial charge in [-0.05, 0) is 52.5 Å². The van der Waals surface area contributed by atoms with Crippen LogP contribution < -0.4 is 5.32 Å². The second-order valence-corrected chi connectivity index (χ2v) is 7.20. The first-order valence-corrected chi connectivity index (χ1v) is 8.56. The summed E-state index contributed by atoms with van der Waals surface area (Å²) < 4.78 is 0. The van der Waals surface area contributed by atoms with Crippen molar-refractivity contribution in [3.63, 3.8) is 0 Å². The standard InChI is InChI=1S/C17H36N2O/c1-6-16-10-9-15(4)19(16)12-8-7-11-17(5,13-20)18-14(2)3/h14-16,18,20H,6-13H2,1-5H3. The zero-order chi connectivity index (χ0) is 15.2. The highest BCUT2D eigenvalue weighted by Crippen LogP contribution is 2.26. The van der Waals surface area contributed by atoms with Crippen LogP contribution in [0.5, 0.6) is 0 Å². The van der Waals surface area contributed by atoms with Gasteiger partial charge in [0.25, 0.3) is 0 Å². The third-order valence-electron chi connectivity index (χ3n) is 4.81. The fourth-order valence-corrected chi connectivity index (χ4v) is 3.67. The summed E-state index contributed by atoms with van der Waals surface area (Å²) in [6.07, 6.45) is 7.52. The average Bonchev–Trinajstić information content (AvgIpc) is 2.75. The minimum absolute atomic E-state index is 0.116. The average molecular weight is 284 g/mol. The molecule has 3 nitrogen and oxygen atoms in total. The van der Waals surface area contributed by atoms with Crippen molar-refractivity contribution >= 4 is 0 Å². The molecule has 0 spiro atoms. The summed E-state index contributed by atoms with van der Waals surface area (Å²) in [6, 6.07) is 2.00. The molecular formula is C17H36N2O. The number of hydrogen-bond acceptors (Lipinski definition) is 3. The summed E-state index contributed by atoms with van der Waals surface area (Å²) in [7, 11) is 0. The second-order valence-electron chi connectivity index (χ2n) is 7.20. The van der Waals surface area contributed by atoms with Crippen LogP contribution in [0.15, 0.2) is 0 Å². The monoisotopic (exact) mass is 284 g/mol. The van der Waals surface area contributed by atoms with Crippen LogP contribution in [0, 0.1) is 0 Å². The van der Waals surface area contributed by atoms with E-state index >= 15 is 0 Å². The molecule has 20 heavy (non-hydrogen) atoms. The lowest BCUT2D eigenvalue weighted by Crippen LogP contribution is -2.49. The topological polar surface area (TPSA) is 35.5 Å². The van der Waals surface area contributed by atoms with Crippen LogP contribution in [0.4, 0.5) is 0 Å². The zero-order valence-electron chi connectivity index (χ0n) is 14.3. The summed E-state index contributed by atoms with van der Waals surface area (Å²) >= 11 is 0. The summed E-state index contributed by atoms with van der Waals surface area (Å²) in [5.41, 5.74) is -0.116. The fraction of sp³-hybridized carbons (Fsp3) is 1.00. The van der Waals surface area contributed by atoms with Crippen molar-refractivity contribution in [1.82, 2.24) is 10.2 Å². The summed E-state index contributed by atoms with van der Waals surface area (Å²) in [6.45, 7) is 12.6. The van der Waals surface area contributed by atoms with Gasteiger partial charge in [-0.25, -0.2) is 0 Å². The molecule has 1 heterocycles.